The number of hydrogen-bond donors (Lipinski definition) is 0. The number of thiazole rings is 1. The summed E-state index contributed by atoms with van der Waals surface area (Å²) in [7, 11) is 0. The number of furan rings is 1. The van der Waals surface area contributed by atoms with E-state index >= 15 is 0 Å². The summed E-state index contributed by atoms with van der Waals surface area (Å²) >= 11 is 1.54. The van der Waals surface area contributed by atoms with Gasteiger partial charge in [0, 0.05) is 12.1 Å². The first-order valence-corrected chi connectivity index (χ1v) is 7.97. The zero-order valence-corrected chi connectivity index (χ0v) is 12.6. The van der Waals surface area contributed by atoms with Crippen LogP contribution >= 0.6 is 11.3 Å². The van der Waals surface area contributed by atoms with Gasteiger partial charge in [0.25, 0.3) is 5.91 Å². The van der Waals surface area contributed by atoms with Gasteiger partial charge in [0.05, 0.1) is 35.1 Å². The number of ether oxygens (including phenoxy) is 1. The lowest BCUT2D eigenvalue weighted by atomic mass is 10.1. The highest BCUT2D eigenvalue weighted by Crippen LogP contribution is 2.25. The van der Waals surface area contributed by atoms with Crippen LogP contribution in [0.3, 0.4) is 0 Å². The molecular weight excluding hydrogens is 300 g/mol. The normalized spacial score (nSPS) is 18.7. The average Bonchev–Trinajstić information content (AvgIpc) is 3.25. The lowest BCUT2D eigenvalue weighted by Crippen LogP contribution is -2.42. The van der Waals surface area contributed by atoms with Crippen LogP contribution in [0.4, 0.5) is 0 Å². The van der Waals surface area contributed by atoms with Crippen molar-refractivity contribution in [3.05, 3.63) is 53.4 Å². The smallest absolute Gasteiger partial charge is 0.254 e. The van der Waals surface area contributed by atoms with Crippen LogP contribution in [0.25, 0.3) is 10.2 Å². The van der Waals surface area contributed by atoms with Crippen molar-refractivity contribution >= 4 is 27.5 Å². The minimum atomic E-state index is -0.195. The second-order valence-electron chi connectivity index (χ2n) is 5.16. The van der Waals surface area contributed by atoms with Gasteiger partial charge in [-0.1, -0.05) is 0 Å². The summed E-state index contributed by atoms with van der Waals surface area (Å²) in [5.41, 5.74) is 3.41. The van der Waals surface area contributed by atoms with Gasteiger partial charge < -0.3 is 14.1 Å². The van der Waals surface area contributed by atoms with Crippen molar-refractivity contribution < 1.29 is 13.9 Å². The summed E-state index contributed by atoms with van der Waals surface area (Å²) < 4.78 is 12.1. The molecule has 0 N–H and O–H groups in total. The van der Waals surface area contributed by atoms with Gasteiger partial charge in [-0.05, 0) is 30.3 Å². The van der Waals surface area contributed by atoms with E-state index in [1.54, 1.807) is 23.1 Å². The molecule has 1 fully saturated rings. The van der Waals surface area contributed by atoms with E-state index in [1.165, 1.54) is 0 Å². The molecule has 1 saturated heterocycles. The fourth-order valence-corrected chi connectivity index (χ4v) is 3.37. The molecule has 4 rings (SSSR count). The highest BCUT2D eigenvalue weighted by molar-refractivity contribution is 7.16. The maximum Gasteiger partial charge on any atom is 0.254 e. The molecule has 3 aromatic rings. The fraction of sp³-hybridized carbons (Fsp3) is 0.250. The standard InChI is InChI=1S/C16H14N2O3S/c19-16(11-3-4-12-15(8-11)22-10-17-12)18-5-7-21-14(9-18)13-2-1-6-20-13/h1-4,6,8,10,14H,5,7,9H2. The Labute approximate surface area is 131 Å². The molecule has 112 valence electrons. The molecule has 2 aromatic heterocycles. The second kappa shape index (κ2) is 5.55. The van der Waals surface area contributed by atoms with Crippen molar-refractivity contribution in [3.8, 4) is 0 Å². The largest absolute Gasteiger partial charge is 0.467 e. The third-order valence-corrected chi connectivity index (χ3v) is 4.58. The van der Waals surface area contributed by atoms with Crippen molar-refractivity contribution in [2.24, 2.45) is 0 Å². The number of aromatic nitrogens is 1. The Morgan fingerprint density at radius 2 is 2.32 bits per heavy atom. The monoisotopic (exact) mass is 314 g/mol. The van der Waals surface area contributed by atoms with E-state index in [1.807, 2.05) is 35.2 Å². The number of rotatable bonds is 2. The zero-order valence-electron chi connectivity index (χ0n) is 11.8. The van der Waals surface area contributed by atoms with E-state index in [0.29, 0.717) is 25.3 Å². The Hall–Kier alpha value is -2.18. The molecule has 1 aromatic carbocycles. The maximum atomic E-state index is 12.7. The van der Waals surface area contributed by atoms with Gasteiger partial charge >= 0.3 is 0 Å². The predicted molar refractivity (Wildman–Crippen MR) is 82.9 cm³/mol. The molecule has 5 nitrogen and oxygen atoms in total. The Balaban J connectivity index is 1.56. The van der Waals surface area contributed by atoms with E-state index in [9.17, 15) is 4.79 Å². The number of hydrogen-bond acceptors (Lipinski definition) is 5. The van der Waals surface area contributed by atoms with Crippen LogP contribution < -0.4 is 0 Å². The summed E-state index contributed by atoms with van der Waals surface area (Å²) in [6.45, 7) is 1.61. The van der Waals surface area contributed by atoms with Crippen LogP contribution in [0.2, 0.25) is 0 Å². The van der Waals surface area contributed by atoms with Gasteiger partial charge in [-0.2, -0.15) is 0 Å². The SMILES string of the molecule is O=C(c1ccc2ncsc2c1)N1CCOC(c2ccco2)C1. The highest BCUT2D eigenvalue weighted by atomic mass is 32.1. The second-order valence-corrected chi connectivity index (χ2v) is 6.05. The number of carbonyl (C=O) groups excluding carboxylic acids is 1. The van der Waals surface area contributed by atoms with Crippen molar-refractivity contribution in [1.82, 2.24) is 9.88 Å². The molecule has 0 spiro atoms. The Morgan fingerprint density at radius 1 is 1.36 bits per heavy atom. The lowest BCUT2D eigenvalue weighted by molar-refractivity contribution is -0.0321. The van der Waals surface area contributed by atoms with E-state index in [4.69, 9.17) is 9.15 Å². The highest BCUT2D eigenvalue weighted by Gasteiger charge is 2.27. The Morgan fingerprint density at radius 3 is 3.18 bits per heavy atom. The fourth-order valence-electron chi connectivity index (χ4n) is 2.65. The number of morpholine rings is 1. The molecule has 1 aliphatic rings. The van der Waals surface area contributed by atoms with Crippen LogP contribution in [0, 0.1) is 0 Å². The number of nitrogens with zero attached hydrogens (tertiary/aromatic N) is 2. The first-order valence-electron chi connectivity index (χ1n) is 7.09. The van der Waals surface area contributed by atoms with E-state index in [2.05, 4.69) is 4.98 Å². The number of amides is 1. The molecular formula is C16H14N2O3S. The molecule has 22 heavy (non-hydrogen) atoms. The molecule has 6 heteroatoms. The quantitative estimate of drug-likeness (QED) is 0.729. The van der Waals surface area contributed by atoms with E-state index in [-0.39, 0.29) is 12.0 Å². The van der Waals surface area contributed by atoms with Crippen LogP contribution in [0.5, 0.6) is 0 Å². The topological polar surface area (TPSA) is 55.6 Å². The molecule has 0 saturated carbocycles. The van der Waals surface area contributed by atoms with Gasteiger partial charge in [-0.25, -0.2) is 4.98 Å². The maximum absolute atomic E-state index is 12.7. The lowest BCUT2D eigenvalue weighted by Gasteiger charge is -2.32. The van der Waals surface area contributed by atoms with Crippen molar-refractivity contribution in [3.63, 3.8) is 0 Å². The van der Waals surface area contributed by atoms with Crippen molar-refractivity contribution in [2.75, 3.05) is 19.7 Å². The average molecular weight is 314 g/mol. The minimum Gasteiger partial charge on any atom is -0.467 e. The molecule has 1 amide bonds. The first-order chi connectivity index (χ1) is 10.8. The van der Waals surface area contributed by atoms with Gasteiger partial charge in [0.15, 0.2) is 0 Å². The third kappa shape index (κ3) is 2.40. The molecule has 1 unspecified atom stereocenters. The first kappa shape index (κ1) is 13.5. The van der Waals surface area contributed by atoms with Crippen LogP contribution in [0.15, 0.2) is 46.5 Å². The molecule has 1 atom stereocenters. The molecule has 0 aliphatic carbocycles. The van der Waals surface area contributed by atoms with Gasteiger partial charge in [-0.3, -0.25) is 4.79 Å². The van der Waals surface area contributed by atoms with E-state index in [0.717, 1.165) is 16.0 Å². The Bertz CT molecular complexity index is 797. The number of benzene rings is 1. The number of carbonyl (C=O) groups is 1. The predicted octanol–water partition coefficient (Wildman–Crippen LogP) is 3.10. The van der Waals surface area contributed by atoms with Crippen LogP contribution in [-0.4, -0.2) is 35.5 Å². The van der Waals surface area contributed by atoms with Crippen LogP contribution in [-0.2, 0) is 4.74 Å². The summed E-state index contributed by atoms with van der Waals surface area (Å²) in [6.07, 6.45) is 1.43. The minimum absolute atomic E-state index is 0.0233. The van der Waals surface area contributed by atoms with Gasteiger partial charge in [0.2, 0.25) is 0 Å². The van der Waals surface area contributed by atoms with Crippen molar-refractivity contribution in [2.45, 2.75) is 6.10 Å². The molecule has 3 heterocycles. The summed E-state index contributed by atoms with van der Waals surface area (Å²) in [5, 5.41) is 0. The van der Waals surface area contributed by atoms with Gasteiger partial charge in [-0.15, -0.1) is 11.3 Å². The van der Waals surface area contributed by atoms with E-state index < -0.39 is 0 Å². The van der Waals surface area contributed by atoms with Crippen molar-refractivity contribution in [1.29, 1.82) is 0 Å². The number of fused-ring (bicyclic) bond motifs is 1. The Kier molecular flexibility index (Phi) is 3.40. The summed E-state index contributed by atoms with van der Waals surface area (Å²) in [6, 6.07) is 9.34. The molecule has 0 radical (unpaired) electrons. The van der Waals surface area contributed by atoms with Crippen LogP contribution in [0.1, 0.15) is 22.2 Å². The summed E-state index contributed by atoms with van der Waals surface area (Å²) in [4.78, 5) is 18.8. The zero-order chi connectivity index (χ0) is 14.9. The van der Waals surface area contributed by atoms with Gasteiger partial charge in [0.1, 0.15) is 11.9 Å². The molecule has 1 aliphatic heterocycles. The summed E-state index contributed by atoms with van der Waals surface area (Å²) in [5.74, 6) is 0.783. The molecule has 0 bridgehead atoms. The third-order valence-electron chi connectivity index (χ3n) is 3.79.